The van der Waals surface area contributed by atoms with E-state index in [9.17, 15) is 14.3 Å². The summed E-state index contributed by atoms with van der Waals surface area (Å²) in [6, 6.07) is 12.2. The predicted octanol–water partition coefficient (Wildman–Crippen LogP) is 5.79. The smallest absolute Gasteiger partial charge is 0.328 e. The number of carboxylic acid groups (broad SMARTS) is 1. The van der Waals surface area contributed by atoms with Gasteiger partial charge < -0.3 is 10.2 Å². The third kappa shape index (κ3) is 4.85. The van der Waals surface area contributed by atoms with Crippen LogP contribution in [0.15, 0.2) is 54.1 Å². The molecular formula is C23H23FO3. The van der Waals surface area contributed by atoms with Crippen LogP contribution in [0, 0.1) is 5.82 Å². The van der Waals surface area contributed by atoms with Gasteiger partial charge in [-0.2, -0.15) is 0 Å². The van der Waals surface area contributed by atoms with E-state index in [4.69, 9.17) is 5.11 Å². The van der Waals surface area contributed by atoms with Gasteiger partial charge in [-0.15, -0.1) is 0 Å². The Hall–Kier alpha value is -2.88. The zero-order valence-corrected chi connectivity index (χ0v) is 15.1. The van der Waals surface area contributed by atoms with Crippen molar-refractivity contribution >= 4 is 17.6 Å². The number of carboxylic acids is 1. The maximum absolute atomic E-state index is 14.0. The molecule has 27 heavy (non-hydrogen) atoms. The van der Waals surface area contributed by atoms with Gasteiger partial charge in [0.1, 0.15) is 0 Å². The maximum atomic E-state index is 14.0. The van der Waals surface area contributed by atoms with Crippen molar-refractivity contribution in [3.05, 3.63) is 76.6 Å². The van der Waals surface area contributed by atoms with Gasteiger partial charge in [0, 0.05) is 6.08 Å². The fourth-order valence-electron chi connectivity index (χ4n) is 3.57. The van der Waals surface area contributed by atoms with Crippen LogP contribution in [0.25, 0.3) is 11.6 Å². The number of hydrogen-bond donors (Lipinski definition) is 2. The average Bonchev–Trinajstić information content (AvgIpc) is 2.93. The van der Waals surface area contributed by atoms with Crippen molar-refractivity contribution in [2.24, 2.45) is 0 Å². The highest BCUT2D eigenvalue weighted by atomic mass is 19.1. The lowest BCUT2D eigenvalue weighted by Crippen LogP contribution is -1.96. The van der Waals surface area contributed by atoms with Crippen LogP contribution in [0.2, 0.25) is 0 Å². The zero-order chi connectivity index (χ0) is 19.2. The van der Waals surface area contributed by atoms with Gasteiger partial charge in [0.25, 0.3) is 0 Å². The third-order valence-corrected chi connectivity index (χ3v) is 4.91. The highest BCUT2D eigenvalue weighted by molar-refractivity contribution is 5.86. The highest BCUT2D eigenvalue weighted by Crippen LogP contribution is 2.35. The van der Waals surface area contributed by atoms with Crippen LogP contribution < -0.4 is 0 Å². The Balaban J connectivity index is 2.05. The van der Waals surface area contributed by atoms with Crippen molar-refractivity contribution in [2.45, 2.75) is 38.5 Å². The van der Waals surface area contributed by atoms with E-state index in [0.717, 1.165) is 54.0 Å². The summed E-state index contributed by atoms with van der Waals surface area (Å²) in [7, 11) is 0. The molecule has 0 unspecified atom stereocenters. The topological polar surface area (TPSA) is 57.5 Å². The molecular weight excluding hydrogens is 343 g/mol. The second-order valence-electron chi connectivity index (χ2n) is 6.85. The van der Waals surface area contributed by atoms with Crippen molar-refractivity contribution in [3.8, 4) is 5.75 Å². The molecule has 2 N–H and O–H groups in total. The number of rotatable bonds is 4. The summed E-state index contributed by atoms with van der Waals surface area (Å²) in [6.45, 7) is 0. The number of hydrogen-bond acceptors (Lipinski definition) is 2. The average molecular weight is 366 g/mol. The third-order valence-electron chi connectivity index (χ3n) is 4.91. The monoisotopic (exact) mass is 366 g/mol. The SMILES string of the molecule is O=C(O)C=Cc1ccc(C(=C2CCCCCC2)c2ccc(O)c(F)c2)cc1. The van der Waals surface area contributed by atoms with E-state index >= 15 is 0 Å². The molecule has 1 aliphatic rings. The number of carbonyl (C=O) groups is 1. The summed E-state index contributed by atoms with van der Waals surface area (Å²) >= 11 is 0. The molecule has 0 aromatic heterocycles. The maximum Gasteiger partial charge on any atom is 0.328 e. The fraction of sp³-hybridized carbons (Fsp3) is 0.261. The van der Waals surface area contributed by atoms with Crippen LogP contribution in [0.1, 0.15) is 55.2 Å². The lowest BCUT2D eigenvalue weighted by molar-refractivity contribution is -0.131. The Morgan fingerprint density at radius 3 is 2.15 bits per heavy atom. The number of aromatic hydroxyl groups is 1. The minimum absolute atomic E-state index is 0.349. The predicted molar refractivity (Wildman–Crippen MR) is 105 cm³/mol. The van der Waals surface area contributed by atoms with Crippen LogP contribution in [-0.2, 0) is 4.79 Å². The van der Waals surface area contributed by atoms with Crippen molar-refractivity contribution in [1.29, 1.82) is 0 Å². The Labute approximate surface area is 158 Å². The van der Waals surface area contributed by atoms with Crippen LogP contribution in [0.5, 0.6) is 5.75 Å². The molecule has 0 saturated heterocycles. The lowest BCUT2D eigenvalue weighted by Gasteiger charge is -2.16. The standard InChI is InChI=1S/C23H23FO3/c24-20-15-19(12-13-21(20)25)23(17-5-3-1-2-4-6-17)18-10-7-16(8-11-18)9-14-22(26)27/h7-15,25H,1-6H2,(H,26,27). The van der Waals surface area contributed by atoms with Gasteiger partial charge in [0.15, 0.2) is 11.6 Å². The molecule has 0 spiro atoms. The molecule has 0 heterocycles. The molecule has 1 aliphatic carbocycles. The first-order valence-corrected chi connectivity index (χ1v) is 9.27. The van der Waals surface area contributed by atoms with Crippen LogP contribution in [-0.4, -0.2) is 16.2 Å². The van der Waals surface area contributed by atoms with E-state index in [2.05, 4.69) is 0 Å². The second-order valence-corrected chi connectivity index (χ2v) is 6.85. The number of benzene rings is 2. The van der Waals surface area contributed by atoms with Gasteiger partial charge in [0.2, 0.25) is 0 Å². The second kappa shape index (κ2) is 8.67. The first-order valence-electron chi connectivity index (χ1n) is 9.27. The molecule has 0 aliphatic heterocycles. The molecule has 3 rings (SSSR count). The number of aliphatic carboxylic acids is 1. The normalized spacial score (nSPS) is 14.9. The fourth-order valence-corrected chi connectivity index (χ4v) is 3.57. The van der Waals surface area contributed by atoms with E-state index < -0.39 is 11.8 Å². The van der Waals surface area contributed by atoms with E-state index in [1.54, 1.807) is 12.1 Å². The molecule has 1 saturated carbocycles. The Kier molecular flexibility index (Phi) is 6.07. The molecule has 4 heteroatoms. The van der Waals surface area contributed by atoms with Gasteiger partial charge in [-0.3, -0.25) is 0 Å². The van der Waals surface area contributed by atoms with E-state index in [1.165, 1.54) is 30.5 Å². The van der Waals surface area contributed by atoms with E-state index in [0.29, 0.717) is 0 Å². The van der Waals surface area contributed by atoms with E-state index in [1.807, 2.05) is 24.3 Å². The van der Waals surface area contributed by atoms with Crippen LogP contribution in [0.3, 0.4) is 0 Å². The summed E-state index contributed by atoms with van der Waals surface area (Å²) < 4.78 is 14.0. The van der Waals surface area contributed by atoms with Crippen LogP contribution >= 0.6 is 0 Å². The molecule has 2 aromatic rings. The Morgan fingerprint density at radius 1 is 0.926 bits per heavy atom. The van der Waals surface area contributed by atoms with Crippen molar-refractivity contribution in [2.75, 3.05) is 0 Å². The van der Waals surface area contributed by atoms with E-state index in [-0.39, 0.29) is 5.75 Å². The van der Waals surface area contributed by atoms with Crippen molar-refractivity contribution in [1.82, 2.24) is 0 Å². The van der Waals surface area contributed by atoms with Gasteiger partial charge in [0.05, 0.1) is 0 Å². The van der Waals surface area contributed by atoms with Gasteiger partial charge in [-0.25, -0.2) is 9.18 Å². The summed E-state index contributed by atoms with van der Waals surface area (Å²) in [5, 5.41) is 18.3. The minimum atomic E-state index is -0.986. The minimum Gasteiger partial charge on any atom is -0.505 e. The highest BCUT2D eigenvalue weighted by Gasteiger charge is 2.15. The van der Waals surface area contributed by atoms with Crippen LogP contribution in [0.4, 0.5) is 4.39 Å². The Morgan fingerprint density at radius 2 is 1.56 bits per heavy atom. The first kappa shape index (κ1) is 18.9. The lowest BCUT2D eigenvalue weighted by atomic mass is 9.89. The quantitative estimate of drug-likeness (QED) is 0.532. The number of allylic oxidation sites excluding steroid dienone is 1. The molecule has 0 atom stereocenters. The molecule has 140 valence electrons. The zero-order valence-electron chi connectivity index (χ0n) is 15.1. The summed E-state index contributed by atoms with van der Waals surface area (Å²) in [6.07, 6.45) is 9.29. The van der Waals surface area contributed by atoms with Crippen molar-refractivity contribution in [3.63, 3.8) is 0 Å². The summed E-state index contributed by atoms with van der Waals surface area (Å²) in [5.41, 5.74) is 4.86. The van der Waals surface area contributed by atoms with Gasteiger partial charge in [-0.1, -0.05) is 48.7 Å². The summed E-state index contributed by atoms with van der Waals surface area (Å²) in [4.78, 5) is 10.7. The molecule has 3 nitrogen and oxygen atoms in total. The first-order chi connectivity index (χ1) is 13.0. The number of halogens is 1. The number of phenolic OH excluding ortho intramolecular Hbond substituents is 1. The van der Waals surface area contributed by atoms with Gasteiger partial charge >= 0.3 is 5.97 Å². The summed E-state index contributed by atoms with van der Waals surface area (Å²) in [5.74, 6) is -1.96. The largest absolute Gasteiger partial charge is 0.505 e. The molecule has 0 bridgehead atoms. The molecule has 0 amide bonds. The number of phenols is 1. The van der Waals surface area contributed by atoms with Crippen molar-refractivity contribution < 1.29 is 19.4 Å². The van der Waals surface area contributed by atoms with Gasteiger partial charge in [-0.05, 0) is 66.2 Å². The Bertz CT molecular complexity index is 869. The molecule has 0 radical (unpaired) electrons. The molecule has 2 aromatic carbocycles. The molecule has 1 fully saturated rings.